The summed E-state index contributed by atoms with van der Waals surface area (Å²) in [5.74, 6) is -2.51. The Hall–Kier alpha value is -2.76. The first-order valence-electron chi connectivity index (χ1n) is 4.98. The molecule has 0 aromatic carbocycles. The highest BCUT2D eigenvalue weighted by Gasteiger charge is 2.21. The van der Waals surface area contributed by atoms with Gasteiger partial charge in [-0.25, -0.2) is 14.6 Å². The lowest BCUT2D eigenvalue weighted by Crippen LogP contribution is -2.09. The molecule has 2 N–H and O–H groups in total. The third-order valence-electron chi connectivity index (χ3n) is 2.30. The van der Waals surface area contributed by atoms with Gasteiger partial charge >= 0.3 is 11.9 Å². The highest BCUT2D eigenvalue weighted by atomic mass is 16.4. The molecule has 0 aliphatic heterocycles. The Labute approximate surface area is 102 Å². The van der Waals surface area contributed by atoms with Gasteiger partial charge in [-0.3, -0.25) is 4.98 Å². The van der Waals surface area contributed by atoms with Gasteiger partial charge in [0.2, 0.25) is 0 Å². The maximum atomic E-state index is 11.1. The number of nitrogens with zero attached hydrogens (tertiary/aromatic N) is 2. The van der Waals surface area contributed by atoms with E-state index in [1.165, 1.54) is 18.3 Å². The van der Waals surface area contributed by atoms with Gasteiger partial charge in [0.1, 0.15) is 0 Å². The summed E-state index contributed by atoms with van der Waals surface area (Å²) in [7, 11) is 0. The van der Waals surface area contributed by atoms with Crippen molar-refractivity contribution in [3.05, 3.63) is 47.9 Å². The van der Waals surface area contributed by atoms with Crippen molar-refractivity contribution in [2.45, 2.75) is 0 Å². The molecule has 0 radical (unpaired) electrons. The van der Waals surface area contributed by atoms with Crippen molar-refractivity contribution in [1.82, 2.24) is 9.97 Å². The molecule has 2 aromatic heterocycles. The first kappa shape index (κ1) is 11.7. The van der Waals surface area contributed by atoms with Crippen LogP contribution < -0.4 is 0 Å². The van der Waals surface area contributed by atoms with Gasteiger partial charge in [-0.1, -0.05) is 6.07 Å². The number of carboxylic acid groups (broad SMARTS) is 2. The Morgan fingerprint density at radius 1 is 0.944 bits per heavy atom. The van der Waals surface area contributed by atoms with Crippen molar-refractivity contribution in [2.75, 3.05) is 0 Å². The summed E-state index contributed by atoms with van der Waals surface area (Å²) < 4.78 is 0. The van der Waals surface area contributed by atoms with E-state index >= 15 is 0 Å². The van der Waals surface area contributed by atoms with Crippen molar-refractivity contribution < 1.29 is 19.8 Å². The van der Waals surface area contributed by atoms with E-state index in [9.17, 15) is 9.59 Å². The number of aromatic nitrogens is 2. The standard InChI is InChI=1S/C12H8N2O4/c15-11(16)7-4-6-14-10(12(17)18)9(7)8-3-1-2-5-13-8/h1-6H,(H,15,16)(H,17,18). The maximum absolute atomic E-state index is 11.1. The number of carbonyl (C=O) groups is 2. The minimum Gasteiger partial charge on any atom is -0.478 e. The molecule has 0 spiro atoms. The minimum absolute atomic E-state index is 0.0121. The fourth-order valence-corrected chi connectivity index (χ4v) is 1.57. The summed E-state index contributed by atoms with van der Waals surface area (Å²) in [6.07, 6.45) is 2.61. The van der Waals surface area contributed by atoms with Crippen LogP contribution in [0.4, 0.5) is 0 Å². The molecule has 6 heteroatoms. The lowest BCUT2D eigenvalue weighted by Gasteiger charge is -2.07. The Kier molecular flexibility index (Phi) is 3.01. The predicted molar refractivity (Wildman–Crippen MR) is 61.4 cm³/mol. The number of hydrogen-bond acceptors (Lipinski definition) is 4. The van der Waals surface area contributed by atoms with E-state index in [4.69, 9.17) is 10.2 Å². The first-order chi connectivity index (χ1) is 8.61. The molecular weight excluding hydrogens is 236 g/mol. The number of aromatic carboxylic acids is 2. The molecule has 0 saturated carbocycles. The van der Waals surface area contributed by atoms with E-state index in [-0.39, 0.29) is 22.5 Å². The molecule has 0 saturated heterocycles. The maximum Gasteiger partial charge on any atom is 0.355 e. The SMILES string of the molecule is O=C(O)c1ccnc(C(=O)O)c1-c1ccccn1. The Balaban J connectivity index is 2.77. The number of hydrogen-bond donors (Lipinski definition) is 2. The molecule has 90 valence electrons. The normalized spacial score (nSPS) is 10.0. The van der Waals surface area contributed by atoms with Gasteiger partial charge in [0.25, 0.3) is 0 Å². The average molecular weight is 244 g/mol. The lowest BCUT2D eigenvalue weighted by atomic mass is 10.0. The number of pyridine rings is 2. The van der Waals surface area contributed by atoms with Crippen LogP contribution in [0, 0.1) is 0 Å². The van der Waals surface area contributed by atoms with Crippen LogP contribution in [0.3, 0.4) is 0 Å². The third kappa shape index (κ3) is 2.03. The van der Waals surface area contributed by atoms with Crippen LogP contribution in [-0.2, 0) is 0 Å². The Bertz CT molecular complexity index is 578. The van der Waals surface area contributed by atoms with Crippen molar-refractivity contribution >= 4 is 11.9 Å². The number of rotatable bonds is 3. The van der Waals surface area contributed by atoms with Crippen LogP contribution in [0.1, 0.15) is 20.8 Å². The van der Waals surface area contributed by atoms with Crippen LogP contribution in [0.15, 0.2) is 36.7 Å². The number of carboxylic acids is 2. The van der Waals surface area contributed by atoms with Crippen LogP contribution >= 0.6 is 0 Å². The highest BCUT2D eigenvalue weighted by molar-refractivity contribution is 6.02. The molecule has 0 bridgehead atoms. The second kappa shape index (κ2) is 4.62. The molecule has 0 aliphatic carbocycles. The monoisotopic (exact) mass is 244 g/mol. The topological polar surface area (TPSA) is 100 Å². The van der Waals surface area contributed by atoms with Gasteiger partial charge in [-0.05, 0) is 18.2 Å². The zero-order valence-corrected chi connectivity index (χ0v) is 9.07. The van der Waals surface area contributed by atoms with Gasteiger partial charge in [-0.2, -0.15) is 0 Å². The minimum atomic E-state index is -1.29. The van der Waals surface area contributed by atoms with E-state index in [1.54, 1.807) is 12.1 Å². The van der Waals surface area contributed by atoms with Crippen LogP contribution in [0.25, 0.3) is 11.3 Å². The summed E-state index contributed by atoms with van der Waals surface area (Å²) in [5, 5.41) is 18.1. The summed E-state index contributed by atoms with van der Waals surface area (Å²) >= 11 is 0. The molecule has 0 atom stereocenters. The van der Waals surface area contributed by atoms with Crippen molar-refractivity contribution in [1.29, 1.82) is 0 Å². The molecule has 0 aliphatic rings. The first-order valence-corrected chi connectivity index (χ1v) is 4.98. The molecule has 2 heterocycles. The van der Waals surface area contributed by atoms with E-state index < -0.39 is 11.9 Å². The zero-order chi connectivity index (χ0) is 13.1. The highest BCUT2D eigenvalue weighted by Crippen LogP contribution is 2.24. The van der Waals surface area contributed by atoms with Crippen LogP contribution in [-0.4, -0.2) is 32.1 Å². The second-order valence-corrected chi connectivity index (χ2v) is 3.41. The molecular formula is C12H8N2O4. The fourth-order valence-electron chi connectivity index (χ4n) is 1.57. The van der Waals surface area contributed by atoms with Gasteiger partial charge < -0.3 is 10.2 Å². The Morgan fingerprint density at radius 2 is 1.72 bits per heavy atom. The van der Waals surface area contributed by atoms with Crippen LogP contribution in [0.2, 0.25) is 0 Å². The molecule has 0 fully saturated rings. The summed E-state index contributed by atoms with van der Waals surface area (Å²) in [6, 6.07) is 6.09. The van der Waals surface area contributed by atoms with Gasteiger partial charge in [0.15, 0.2) is 5.69 Å². The van der Waals surface area contributed by atoms with Crippen molar-refractivity contribution in [3.63, 3.8) is 0 Å². The Morgan fingerprint density at radius 3 is 2.28 bits per heavy atom. The van der Waals surface area contributed by atoms with Gasteiger partial charge in [0.05, 0.1) is 11.3 Å². The van der Waals surface area contributed by atoms with E-state index in [2.05, 4.69) is 9.97 Å². The summed E-state index contributed by atoms with van der Waals surface area (Å²) in [5.41, 5.74) is -0.187. The van der Waals surface area contributed by atoms with Crippen LogP contribution in [0.5, 0.6) is 0 Å². The molecule has 6 nitrogen and oxygen atoms in total. The second-order valence-electron chi connectivity index (χ2n) is 3.41. The fraction of sp³-hybridized carbons (Fsp3) is 0. The van der Waals surface area contributed by atoms with E-state index in [1.807, 2.05) is 0 Å². The van der Waals surface area contributed by atoms with Crippen molar-refractivity contribution in [2.24, 2.45) is 0 Å². The smallest absolute Gasteiger partial charge is 0.355 e. The van der Waals surface area contributed by atoms with E-state index in [0.29, 0.717) is 0 Å². The molecule has 18 heavy (non-hydrogen) atoms. The molecule has 0 unspecified atom stereocenters. The van der Waals surface area contributed by atoms with Gasteiger partial charge in [-0.15, -0.1) is 0 Å². The average Bonchev–Trinajstić information content (AvgIpc) is 2.38. The lowest BCUT2D eigenvalue weighted by molar-refractivity contribution is 0.0691. The molecule has 2 aromatic rings. The molecule has 2 rings (SSSR count). The van der Waals surface area contributed by atoms with Crippen molar-refractivity contribution in [3.8, 4) is 11.3 Å². The zero-order valence-electron chi connectivity index (χ0n) is 9.07. The van der Waals surface area contributed by atoms with Gasteiger partial charge in [0, 0.05) is 18.0 Å². The predicted octanol–water partition coefficient (Wildman–Crippen LogP) is 1.54. The quantitative estimate of drug-likeness (QED) is 0.849. The van der Waals surface area contributed by atoms with E-state index in [0.717, 1.165) is 6.20 Å². The molecule has 0 amide bonds. The summed E-state index contributed by atoms with van der Waals surface area (Å²) in [4.78, 5) is 29.9. The summed E-state index contributed by atoms with van der Waals surface area (Å²) in [6.45, 7) is 0. The third-order valence-corrected chi connectivity index (χ3v) is 2.30. The largest absolute Gasteiger partial charge is 0.478 e.